The number of nitrogens with two attached hydrogens (primary N) is 1. The van der Waals surface area contributed by atoms with Crippen LogP contribution in [0, 0.1) is 6.92 Å². The van der Waals surface area contributed by atoms with Crippen molar-refractivity contribution >= 4 is 22.6 Å². The maximum absolute atomic E-state index is 12.6. The number of nitrogens with zero attached hydrogens (tertiary/aromatic N) is 2. The summed E-state index contributed by atoms with van der Waals surface area (Å²) in [5, 5.41) is 3.75. The highest BCUT2D eigenvalue weighted by Gasteiger charge is 2.31. The molecular weight excluding hydrogens is 423 g/mol. The lowest BCUT2D eigenvalue weighted by molar-refractivity contribution is -0.274. The first-order valence-corrected chi connectivity index (χ1v) is 9.80. The van der Waals surface area contributed by atoms with E-state index in [2.05, 4.69) is 25.0 Å². The third-order valence-electron chi connectivity index (χ3n) is 5.11. The number of amidine groups is 2. The quantitative estimate of drug-likeness (QED) is 0.427. The monoisotopic (exact) mass is 443 g/mol. The Morgan fingerprint density at radius 2 is 2.00 bits per heavy atom. The first kappa shape index (κ1) is 21.6. The van der Waals surface area contributed by atoms with E-state index in [9.17, 15) is 18.0 Å². The van der Waals surface area contributed by atoms with Gasteiger partial charge in [0.25, 0.3) is 0 Å². The number of nitrogens with one attached hydrogen (secondary N) is 2. The number of aromatic amines is 1. The predicted octanol–water partition coefficient (Wildman–Crippen LogP) is 3.18. The highest BCUT2D eigenvalue weighted by atomic mass is 19.4. The molecule has 0 spiro atoms. The molecule has 0 bridgehead atoms. The molecule has 10 heteroatoms. The molecule has 0 amide bonds. The van der Waals surface area contributed by atoms with Crippen LogP contribution in [-0.2, 0) is 0 Å². The Morgan fingerprint density at radius 3 is 2.72 bits per heavy atom. The van der Waals surface area contributed by atoms with Crippen molar-refractivity contribution in [2.45, 2.75) is 19.3 Å². The Hall–Kier alpha value is -3.66. The van der Waals surface area contributed by atoms with Crippen LogP contribution in [0.25, 0.3) is 10.9 Å². The van der Waals surface area contributed by atoms with Crippen molar-refractivity contribution in [1.29, 1.82) is 0 Å². The molecule has 4 rings (SSSR count). The van der Waals surface area contributed by atoms with Crippen molar-refractivity contribution in [1.82, 2.24) is 10.3 Å². The van der Waals surface area contributed by atoms with Gasteiger partial charge in [-0.15, -0.1) is 13.2 Å². The maximum Gasteiger partial charge on any atom is 0.573 e. The van der Waals surface area contributed by atoms with Crippen LogP contribution >= 0.6 is 0 Å². The Balaban J connectivity index is 1.54. The summed E-state index contributed by atoms with van der Waals surface area (Å²) in [4.78, 5) is 24.5. The molecule has 1 atom stereocenters. The molecule has 3 aromatic rings. The summed E-state index contributed by atoms with van der Waals surface area (Å²) < 4.78 is 41.4. The molecule has 7 nitrogen and oxygen atoms in total. The number of ether oxygens (including phenoxy) is 1. The molecule has 0 fully saturated rings. The number of pyridine rings is 1. The van der Waals surface area contributed by atoms with Crippen LogP contribution < -0.4 is 21.2 Å². The summed E-state index contributed by atoms with van der Waals surface area (Å²) >= 11 is 0. The average molecular weight is 443 g/mol. The van der Waals surface area contributed by atoms with Gasteiger partial charge in [-0.3, -0.25) is 9.79 Å². The molecule has 1 unspecified atom stereocenters. The lowest BCUT2D eigenvalue weighted by atomic mass is 10.1. The molecule has 2 heterocycles. The van der Waals surface area contributed by atoms with E-state index in [4.69, 9.17) is 5.73 Å². The van der Waals surface area contributed by atoms with E-state index in [0.717, 1.165) is 0 Å². The van der Waals surface area contributed by atoms with Gasteiger partial charge in [-0.1, -0.05) is 24.3 Å². The van der Waals surface area contributed by atoms with Crippen molar-refractivity contribution in [3.8, 4) is 5.75 Å². The number of halogens is 3. The standard InChI is InChI=1S/C22H20F3N5O2/c1-12-19(29-16-8-3-2-7-15(16)20(12)31)21(26)30-18-11-27-17(10-28-18)13-5-4-6-14(9-13)32-22(23,24)25/h2-9,17,27H,10-11H2,1H3,(H,29,31)(H2,26,28,30). The summed E-state index contributed by atoms with van der Waals surface area (Å²) in [5.74, 6) is 0.268. The zero-order chi connectivity index (χ0) is 22.9. The van der Waals surface area contributed by atoms with Crippen molar-refractivity contribution in [3.63, 3.8) is 0 Å². The third kappa shape index (κ3) is 4.65. The summed E-state index contributed by atoms with van der Waals surface area (Å²) in [5.41, 5.74) is 8.18. The van der Waals surface area contributed by atoms with Gasteiger partial charge in [-0.25, -0.2) is 4.99 Å². The number of benzene rings is 2. The molecular formula is C22H20F3N5O2. The highest BCUT2D eigenvalue weighted by Crippen LogP contribution is 2.26. The molecule has 4 N–H and O–H groups in total. The minimum Gasteiger partial charge on any atom is -0.406 e. The van der Waals surface area contributed by atoms with Crippen molar-refractivity contribution < 1.29 is 17.9 Å². The fourth-order valence-corrected chi connectivity index (χ4v) is 3.54. The van der Waals surface area contributed by atoms with E-state index in [1.807, 2.05) is 6.07 Å². The number of rotatable bonds is 3. The zero-order valence-electron chi connectivity index (χ0n) is 17.0. The molecule has 0 aliphatic carbocycles. The first-order chi connectivity index (χ1) is 15.2. The molecule has 1 aliphatic heterocycles. The van der Waals surface area contributed by atoms with E-state index in [-0.39, 0.29) is 36.1 Å². The van der Waals surface area contributed by atoms with E-state index >= 15 is 0 Å². The van der Waals surface area contributed by atoms with Crippen molar-refractivity contribution in [2.75, 3.05) is 13.1 Å². The van der Waals surface area contributed by atoms with E-state index in [1.165, 1.54) is 18.2 Å². The average Bonchev–Trinajstić information content (AvgIpc) is 2.76. The lowest BCUT2D eigenvalue weighted by Gasteiger charge is -2.22. The Kier molecular flexibility index (Phi) is 5.70. The van der Waals surface area contributed by atoms with Crippen LogP contribution in [-0.4, -0.2) is 36.1 Å². The second-order valence-corrected chi connectivity index (χ2v) is 7.31. The second kappa shape index (κ2) is 8.46. The summed E-state index contributed by atoms with van der Waals surface area (Å²) in [7, 11) is 0. The van der Waals surface area contributed by atoms with Gasteiger partial charge >= 0.3 is 6.36 Å². The SMILES string of the molecule is Cc1c(C(N)=NC2=NCC(c3cccc(OC(F)(F)F)c3)NC2)[nH]c2ccccc2c1=O. The maximum atomic E-state index is 12.6. The molecule has 32 heavy (non-hydrogen) atoms. The van der Waals surface area contributed by atoms with Gasteiger partial charge in [0, 0.05) is 16.5 Å². The van der Waals surface area contributed by atoms with Gasteiger partial charge in [0.15, 0.2) is 5.43 Å². The number of H-pyrrole nitrogens is 1. The molecule has 0 saturated heterocycles. The normalized spacial score (nSPS) is 17.3. The van der Waals surface area contributed by atoms with Gasteiger partial charge in [0.2, 0.25) is 0 Å². The van der Waals surface area contributed by atoms with Crippen LogP contribution in [0.1, 0.15) is 22.9 Å². The molecule has 1 aromatic heterocycles. The Bertz CT molecular complexity index is 1280. The number of hydrogen-bond acceptors (Lipinski definition) is 5. The summed E-state index contributed by atoms with van der Waals surface area (Å²) in [6.45, 7) is 2.19. The molecule has 166 valence electrons. The van der Waals surface area contributed by atoms with Crippen LogP contribution in [0.2, 0.25) is 0 Å². The summed E-state index contributed by atoms with van der Waals surface area (Å²) in [6.07, 6.45) is -4.75. The number of aromatic nitrogens is 1. The molecule has 0 saturated carbocycles. The fourth-order valence-electron chi connectivity index (χ4n) is 3.54. The first-order valence-electron chi connectivity index (χ1n) is 9.80. The van der Waals surface area contributed by atoms with Gasteiger partial charge in [0.1, 0.15) is 17.4 Å². The predicted molar refractivity (Wildman–Crippen MR) is 116 cm³/mol. The largest absolute Gasteiger partial charge is 0.573 e. The third-order valence-corrected chi connectivity index (χ3v) is 5.11. The Labute approximate surface area is 180 Å². The van der Waals surface area contributed by atoms with Crippen molar-refractivity contribution in [3.05, 3.63) is 75.6 Å². The number of fused-ring (bicyclic) bond motifs is 1. The molecule has 2 aromatic carbocycles. The van der Waals surface area contributed by atoms with Gasteiger partial charge in [0.05, 0.1) is 24.8 Å². The van der Waals surface area contributed by atoms with E-state index in [0.29, 0.717) is 33.6 Å². The van der Waals surface area contributed by atoms with Crippen LogP contribution in [0.15, 0.2) is 63.3 Å². The summed E-state index contributed by atoms with van der Waals surface area (Å²) in [6, 6.07) is 12.6. The fraction of sp³-hybridized carbons (Fsp3) is 0.227. The van der Waals surface area contributed by atoms with Crippen molar-refractivity contribution in [2.24, 2.45) is 15.7 Å². The van der Waals surface area contributed by atoms with Gasteiger partial charge < -0.3 is 20.8 Å². The molecule has 1 aliphatic rings. The number of hydrogen-bond donors (Lipinski definition) is 3. The lowest BCUT2D eigenvalue weighted by Crippen LogP contribution is -2.35. The smallest absolute Gasteiger partial charge is 0.406 e. The van der Waals surface area contributed by atoms with E-state index < -0.39 is 6.36 Å². The second-order valence-electron chi connectivity index (χ2n) is 7.31. The van der Waals surface area contributed by atoms with E-state index in [1.54, 1.807) is 31.2 Å². The van der Waals surface area contributed by atoms with Crippen LogP contribution in [0.4, 0.5) is 13.2 Å². The zero-order valence-corrected chi connectivity index (χ0v) is 17.0. The highest BCUT2D eigenvalue weighted by molar-refractivity contribution is 6.06. The number of para-hydroxylation sites is 1. The Morgan fingerprint density at radius 1 is 1.22 bits per heavy atom. The minimum absolute atomic E-state index is 0.128. The van der Waals surface area contributed by atoms with Gasteiger partial charge in [-0.05, 0) is 36.8 Å². The molecule has 0 radical (unpaired) electrons. The van der Waals surface area contributed by atoms with Gasteiger partial charge in [-0.2, -0.15) is 0 Å². The number of aliphatic imine (C=N–C) groups is 2. The van der Waals surface area contributed by atoms with Crippen LogP contribution in [0.5, 0.6) is 5.75 Å². The minimum atomic E-state index is -4.75. The topological polar surface area (TPSA) is 105 Å². The van der Waals surface area contributed by atoms with Crippen LogP contribution in [0.3, 0.4) is 0 Å². The number of alkyl halides is 3.